The number of rotatable bonds is 3. The minimum Gasteiger partial charge on any atom is -0.410 e. The molecular weight excluding hydrogens is 276 g/mol. The van der Waals surface area contributed by atoms with Gasteiger partial charge in [0.1, 0.15) is 5.75 Å². The van der Waals surface area contributed by atoms with Gasteiger partial charge in [-0.3, -0.25) is 4.99 Å². The summed E-state index contributed by atoms with van der Waals surface area (Å²) in [6.07, 6.45) is 1.33. The third-order valence-corrected chi connectivity index (χ3v) is 3.46. The molecule has 22 heavy (non-hydrogen) atoms. The summed E-state index contributed by atoms with van der Waals surface area (Å²) in [5.74, 6) is 0.499. The van der Waals surface area contributed by atoms with Crippen LogP contribution in [0, 0.1) is 20.8 Å². The Morgan fingerprint density at radius 1 is 1.05 bits per heavy atom. The molecule has 0 aliphatic rings. The molecule has 1 N–H and O–H groups in total. The molecule has 114 valence electrons. The van der Waals surface area contributed by atoms with Crippen molar-refractivity contribution in [2.45, 2.75) is 20.8 Å². The van der Waals surface area contributed by atoms with Gasteiger partial charge in [-0.1, -0.05) is 6.07 Å². The first-order valence-electron chi connectivity index (χ1n) is 7.11. The standard InChI is InChI=1S/C18H20N2O2/c1-12-9-14(3)17(10-13(12)2)20-11-15-5-7-16(8-6-15)22-18(21)19-4/h5-11H,1-4H3,(H,19,21). The van der Waals surface area contributed by atoms with E-state index < -0.39 is 6.09 Å². The largest absolute Gasteiger partial charge is 0.412 e. The number of hydrogen-bond acceptors (Lipinski definition) is 3. The highest BCUT2D eigenvalue weighted by molar-refractivity contribution is 5.82. The van der Waals surface area contributed by atoms with Gasteiger partial charge in [-0.25, -0.2) is 4.79 Å². The molecule has 0 radical (unpaired) electrons. The zero-order valence-electron chi connectivity index (χ0n) is 13.3. The number of amides is 1. The molecular formula is C18H20N2O2. The van der Waals surface area contributed by atoms with Crippen LogP contribution in [0.25, 0.3) is 0 Å². The zero-order chi connectivity index (χ0) is 16.1. The molecule has 1 amide bonds. The molecule has 2 aromatic rings. The molecule has 0 spiro atoms. The van der Waals surface area contributed by atoms with Crippen molar-refractivity contribution in [1.29, 1.82) is 0 Å². The second-order valence-electron chi connectivity index (χ2n) is 5.19. The Labute approximate surface area is 130 Å². The minimum absolute atomic E-state index is 0.479. The number of nitrogens with zero attached hydrogens (tertiary/aromatic N) is 1. The third-order valence-electron chi connectivity index (χ3n) is 3.46. The van der Waals surface area contributed by atoms with Crippen LogP contribution in [0.5, 0.6) is 5.75 Å². The Bertz CT molecular complexity index is 704. The van der Waals surface area contributed by atoms with Crippen molar-refractivity contribution >= 4 is 18.0 Å². The van der Waals surface area contributed by atoms with E-state index in [4.69, 9.17) is 4.74 Å². The van der Waals surface area contributed by atoms with Crippen molar-refractivity contribution in [3.63, 3.8) is 0 Å². The van der Waals surface area contributed by atoms with Gasteiger partial charge in [0.05, 0.1) is 5.69 Å². The first-order chi connectivity index (χ1) is 10.5. The van der Waals surface area contributed by atoms with Gasteiger partial charge in [0.15, 0.2) is 0 Å². The second-order valence-corrected chi connectivity index (χ2v) is 5.19. The van der Waals surface area contributed by atoms with Crippen molar-refractivity contribution in [3.05, 3.63) is 58.7 Å². The highest BCUT2D eigenvalue weighted by Crippen LogP contribution is 2.23. The van der Waals surface area contributed by atoms with Gasteiger partial charge in [0.25, 0.3) is 0 Å². The van der Waals surface area contributed by atoms with Crippen LogP contribution in [0.15, 0.2) is 41.4 Å². The van der Waals surface area contributed by atoms with Crippen LogP contribution in [0.3, 0.4) is 0 Å². The predicted octanol–water partition coefficient (Wildman–Crippen LogP) is 4.08. The molecule has 0 unspecified atom stereocenters. The zero-order valence-corrected chi connectivity index (χ0v) is 13.3. The van der Waals surface area contributed by atoms with Crippen molar-refractivity contribution in [1.82, 2.24) is 5.32 Å². The molecule has 0 aromatic heterocycles. The van der Waals surface area contributed by atoms with E-state index >= 15 is 0 Å². The molecule has 0 bridgehead atoms. The summed E-state index contributed by atoms with van der Waals surface area (Å²) in [5.41, 5.74) is 5.56. The Balaban J connectivity index is 2.13. The topological polar surface area (TPSA) is 50.7 Å². The number of hydrogen-bond donors (Lipinski definition) is 1. The number of aliphatic imine (C=N–C) groups is 1. The third kappa shape index (κ3) is 3.95. The van der Waals surface area contributed by atoms with Crippen LogP contribution >= 0.6 is 0 Å². The van der Waals surface area contributed by atoms with E-state index in [9.17, 15) is 4.79 Å². The lowest BCUT2D eigenvalue weighted by Gasteiger charge is -2.06. The predicted molar refractivity (Wildman–Crippen MR) is 89.4 cm³/mol. The molecule has 4 heteroatoms. The highest BCUT2D eigenvalue weighted by atomic mass is 16.5. The summed E-state index contributed by atoms with van der Waals surface area (Å²) in [5, 5.41) is 2.40. The minimum atomic E-state index is -0.479. The molecule has 0 heterocycles. The van der Waals surface area contributed by atoms with Crippen LogP contribution in [-0.2, 0) is 0 Å². The fraction of sp³-hybridized carbons (Fsp3) is 0.222. The first kappa shape index (κ1) is 15.8. The first-order valence-corrected chi connectivity index (χ1v) is 7.11. The molecule has 0 aliphatic heterocycles. The number of carbonyl (C=O) groups is 1. The lowest BCUT2D eigenvalue weighted by molar-refractivity contribution is 0.203. The average molecular weight is 296 g/mol. The lowest BCUT2D eigenvalue weighted by Crippen LogP contribution is -2.21. The van der Waals surface area contributed by atoms with Crippen molar-refractivity contribution in [2.75, 3.05) is 7.05 Å². The van der Waals surface area contributed by atoms with Gasteiger partial charge < -0.3 is 10.1 Å². The fourth-order valence-electron chi connectivity index (χ4n) is 2.01. The molecule has 2 rings (SSSR count). The van der Waals surface area contributed by atoms with Crippen molar-refractivity contribution < 1.29 is 9.53 Å². The molecule has 2 aromatic carbocycles. The van der Waals surface area contributed by atoms with Gasteiger partial charge in [-0.05, 0) is 73.4 Å². The van der Waals surface area contributed by atoms with E-state index in [2.05, 4.69) is 43.2 Å². The van der Waals surface area contributed by atoms with Crippen molar-refractivity contribution in [2.24, 2.45) is 4.99 Å². The Kier molecular flexibility index (Phi) is 4.94. The Morgan fingerprint density at radius 2 is 1.68 bits per heavy atom. The number of nitrogens with one attached hydrogen (secondary N) is 1. The molecule has 0 fully saturated rings. The number of ether oxygens (including phenoxy) is 1. The summed E-state index contributed by atoms with van der Waals surface area (Å²) in [4.78, 5) is 15.7. The number of carbonyl (C=O) groups excluding carboxylic acids is 1. The van der Waals surface area contributed by atoms with Gasteiger partial charge in [0.2, 0.25) is 0 Å². The van der Waals surface area contributed by atoms with Crippen LogP contribution in [0.4, 0.5) is 10.5 Å². The number of benzene rings is 2. The summed E-state index contributed by atoms with van der Waals surface area (Å²) in [7, 11) is 1.52. The summed E-state index contributed by atoms with van der Waals surface area (Å²) in [6.45, 7) is 6.24. The molecule has 4 nitrogen and oxygen atoms in total. The molecule has 0 saturated carbocycles. The normalized spacial score (nSPS) is 10.7. The van der Waals surface area contributed by atoms with E-state index in [-0.39, 0.29) is 0 Å². The highest BCUT2D eigenvalue weighted by Gasteiger charge is 2.02. The van der Waals surface area contributed by atoms with Crippen LogP contribution in [-0.4, -0.2) is 19.4 Å². The Morgan fingerprint density at radius 3 is 2.32 bits per heavy atom. The average Bonchev–Trinajstić information content (AvgIpc) is 2.51. The maximum absolute atomic E-state index is 11.1. The van der Waals surface area contributed by atoms with Crippen molar-refractivity contribution in [3.8, 4) is 5.75 Å². The maximum atomic E-state index is 11.1. The van der Waals surface area contributed by atoms with E-state index in [1.165, 1.54) is 18.2 Å². The van der Waals surface area contributed by atoms with Gasteiger partial charge in [-0.2, -0.15) is 0 Å². The van der Waals surface area contributed by atoms with Crippen LogP contribution in [0.1, 0.15) is 22.3 Å². The summed E-state index contributed by atoms with van der Waals surface area (Å²) >= 11 is 0. The van der Waals surface area contributed by atoms with Crippen LogP contribution in [0.2, 0.25) is 0 Å². The fourth-order valence-corrected chi connectivity index (χ4v) is 2.01. The molecule has 0 atom stereocenters. The quantitative estimate of drug-likeness (QED) is 0.868. The van der Waals surface area contributed by atoms with Crippen LogP contribution < -0.4 is 10.1 Å². The summed E-state index contributed by atoms with van der Waals surface area (Å²) in [6, 6.07) is 11.4. The lowest BCUT2D eigenvalue weighted by atomic mass is 10.1. The van der Waals surface area contributed by atoms with E-state index in [1.54, 1.807) is 18.3 Å². The Hall–Kier alpha value is -2.62. The van der Waals surface area contributed by atoms with Gasteiger partial charge in [0, 0.05) is 13.3 Å². The molecule has 0 aliphatic carbocycles. The van der Waals surface area contributed by atoms with E-state index in [0.29, 0.717) is 5.75 Å². The van der Waals surface area contributed by atoms with Gasteiger partial charge in [-0.15, -0.1) is 0 Å². The summed E-state index contributed by atoms with van der Waals surface area (Å²) < 4.78 is 5.03. The maximum Gasteiger partial charge on any atom is 0.412 e. The van der Waals surface area contributed by atoms with Gasteiger partial charge >= 0.3 is 6.09 Å². The second kappa shape index (κ2) is 6.89. The molecule has 0 saturated heterocycles. The number of aryl methyl sites for hydroxylation is 3. The smallest absolute Gasteiger partial charge is 0.410 e. The van der Waals surface area contributed by atoms with E-state index in [1.807, 2.05) is 12.1 Å². The SMILES string of the molecule is CNC(=O)Oc1ccc(C=Nc2cc(C)c(C)cc2C)cc1. The monoisotopic (exact) mass is 296 g/mol. The van der Waals surface area contributed by atoms with E-state index in [0.717, 1.165) is 16.8 Å².